The Morgan fingerprint density at radius 1 is 1.13 bits per heavy atom. The number of ether oxygens (including phenoxy) is 1. The van der Waals surface area contributed by atoms with Gasteiger partial charge in [-0.05, 0) is 62.4 Å². The van der Waals surface area contributed by atoms with Crippen LogP contribution in [0.5, 0.6) is 0 Å². The zero-order chi connectivity index (χ0) is 16.4. The van der Waals surface area contributed by atoms with Gasteiger partial charge >= 0.3 is 5.97 Å². The highest BCUT2D eigenvalue weighted by Gasteiger charge is 2.60. The quantitative estimate of drug-likeness (QED) is 0.698. The number of aliphatic hydroxyl groups is 1. The van der Waals surface area contributed by atoms with E-state index in [2.05, 4.69) is 13.8 Å². The monoisotopic (exact) mass is 318 g/mol. The molecule has 2 saturated carbocycles. The Balaban J connectivity index is 1.72. The van der Waals surface area contributed by atoms with Crippen molar-refractivity contribution < 1.29 is 19.4 Å². The lowest BCUT2D eigenvalue weighted by Crippen LogP contribution is -2.60. The van der Waals surface area contributed by atoms with E-state index in [0.29, 0.717) is 25.2 Å². The molecule has 4 aliphatic rings. The normalized spacial score (nSPS) is 49.4. The van der Waals surface area contributed by atoms with Gasteiger partial charge in [0, 0.05) is 18.8 Å². The summed E-state index contributed by atoms with van der Waals surface area (Å²) < 4.78 is 5.74. The van der Waals surface area contributed by atoms with Crippen LogP contribution in [0.15, 0.2) is 11.6 Å². The van der Waals surface area contributed by atoms with Gasteiger partial charge in [0.2, 0.25) is 0 Å². The second-order valence-corrected chi connectivity index (χ2v) is 8.48. The van der Waals surface area contributed by atoms with E-state index in [-0.39, 0.29) is 29.0 Å². The van der Waals surface area contributed by atoms with Crippen molar-refractivity contribution in [3.63, 3.8) is 0 Å². The van der Waals surface area contributed by atoms with Gasteiger partial charge in [-0.15, -0.1) is 0 Å². The fourth-order valence-electron chi connectivity index (χ4n) is 6.05. The first kappa shape index (κ1) is 15.4. The van der Waals surface area contributed by atoms with Crippen LogP contribution in [0.3, 0.4) is 0 Å². The molecule has 1 N–H and O–H groups in total. The van der Waals surface area contributed by atoms with Crippen molar-refractivity contribution in [2.24, 2.45) is 23.2 Å². The summed E-state index contributed by atoms with van der Waals surface area (Å²) in [6.45, 7) is 4.34. The molecule has 4 rings (SSSR count). The molecule has 1 heterocycles. The minimum atomic E-state index is -0.424. The van der Waals surface area contributed by atoms with Crippen LogP contribution >= 0.6 is 0 Å². The Morgan fingerprint density at radius 2 is 1.91 bits per heavy atom. The Morgan fingerprint density at radius 3 is 2.70 bits per heavy atom. The van der Waals surface area contributed by atoms with Crippen LogP contribution in [-0.2, 0) is 14.3 Å². The number of rotatable bonds is 0. The maximum atomic E-state index is 11.8. The van der Waals surface area contributed by atoms with Crippen molar-refractivity contribution in [3.05, 3.63) is 11.6 Å². The third-order valence-corrected chi connectivity index (χ3v) is 7.32. The summed E-state index contributed by atoms with van der Waals surface area (Å²) in [6, 6.07) is 0. The van der Waals surface area contributed by atoms with E-state index in [9.17, 15) is 14.7 Å². The summed E-state index contributed by atoms with van der Waals surface area (Å²) in [7, 11) is 0. The summed E-state index contributed by atoms with van der Waals surface area (Å²) in [5.74, 6) is 0.917. The molecule has 1 aliphatic heterocycles. The van der Waals surface area contributed by atoms with Gasteiger partial charge in [-0.2, -0.15) is 0 Å². The van der Waals surface area contributed by atoms with Gasteiger partial charge < -0.3 is 9.84 Å². The zero-order valence-corrected chi connectivity index (χ0v) is 14.0. The molecule has 23 heavy (non-hydrogen) atoms. The van der Waals surface area contributed by atoms with E-state index >= 15 is 0 Å². The molecule has 126 valence electrons. The lowest BCUT2D eigenvalue weighted by atomic mass is 9.47. The molecule has 1 saturated heterocycles. The van der Waals surface area contributed by atoms with E-state index < -0.39 is 11.7 Å². The van der Waals surface area contributed by atoms with Crippen LogP contribution in [0.2, 0.25) is 0 Å². The van der Waals surface area contributed by atoms with Gasteiger partial charge in [-0.1, -0.05) is 12.5 Å². The summed E-state index contributed by atoms with van der Waals surface area (Å²) in [6.07, 6.45) is 6.62. The smallest absolute Gasteiger partial charge is 0.306 e. The summed E-state index contributed by atoms with van der Waals surface area (Å²) in [4.78, 5) is 23.6. The van der Waals surface area contributed by atoms with Gasteiger partial charge in [-0.3, -0.25) is 9.59 Å². The Bertz CT molecular complexity index is 594. The van der Waals surface area contributed by atoms with Crippen molar-refractivity contribution in [2.45, 2.75) is 70.5 Å². The lowest BCUT2D eigenvalue weighted by Gasteiger charge is -2.60. The van der Waals surface area contributed by atoms with Crippen LogP contribution in [0.25, 0.3) is 0 Å². The molecule has 6 atom stereocenters. The number of ketones is 1. The molecule has 0 aromatic heterocycles. The fourth-order valence-corrected chi connectivity index (χ4v) is 6.05. The number of carbonyl (C=O) groups is 2. The zero-order valence-electron chi connectivity index (χ0n) is 14.0. The minimum absolute atomic E-state index is 0.0284. The van der Waals surface area contributed by atoms with E-state index in [1.807, 2.05) is 0 Å². The molecule has 3 fully saturated rings. The summed E-state index contributed by atoms with van der Waals surface area (Å²) >= 11 is 0. The maximum Gasteiger partial charge on any atom is 0.306 e. The van der Waals surface area contributed by atoms with Crippen LogP contribution in [-0.4, -0.2) is 28.6 Å². The van der Waals surface area contributed by atoms with E-state index in [1.54, 1.807) is 6.08 Å². The Labute approximate surface area is 137 Å². The highest BCUT2D eigenvalue weighted by Crippen LogP contribution is 2.61. The molecule has 0 amide bonds. The van der Waals surface area contributed by atoms with Crippen molar-refractivity contribution in [2.75, 3.05) is 0 Å². The molecule has 0 aromatic carbocycles. The number of fused-ring (bicyclic) bond motifs is 5. The van der Waals surface area contributed by atoms with E-state index in [0.717, 1.165) is 31.3 Å². The number of allylic oxidation sites excluding steroid dienone is 1. The maximum absolute atomic E-state index is 11.8. The average Bonchev–Trinajstić information content (AvgIpc) is 2.48. The molecular formula is C19H26O4. The molecule has 3 aliphatic carbocycles. The first-order valence-corrected chi connectivity index (χ1v) is 8.97. The fraction of sp³-hybridized carbons (Fsp3) is 0.789. The highest BCUT2D eigenvalue weighted by molar-refractivity contribution is 5.91. The third-order valence-electron chi connectivity index (χ3n) is 7.32. The Kier molecular flexibility index (Phi) is 3.29. The lowest BCUT2D eigenvalue weighted by molar-refractivity contribution is -0.204. The number of esters is 1. The number of carbonyl (C=O) groups excluding carboxylic acids is 2. The van der Waals surface area contributed by atoms with Crippen molar-refractivity contribution in [1.82, 2.24) is 0 Å². The second kappa shape index (κ2) is 4.92. The second-order valence-electron chi connectivity index (χ2n) is 8.48. The van der Waals surface area contributed by atoms with Gasteiger partial charge in [0.25, 0.3) is 0 Å². The van der Waals surface area contributed by atoms with Gasteiger partial charge in [0.15, 0.2) is 5.78 Å². The molecule has 4 nitrogen and oxygen atoms in total. The molecule has 0 spiro atoms. The summed E-state index contributed by atoms with van der Waals surface area (Å²) in [5.41, 5.74) is 0.763. The largest absolute Gasteiger partial charge is 0.459 e. The number of hydrogen-bond acceptors (Lipinski definition) is 4. The van der Waals surface area contributed by atoms with Gasteiger partial charge in [0.1, 0.15) is 5.60 Å². The predicted molar refractivity (Wildman–Crippen MR) is 84.5 cm³/mol. The topological polar surface area (TPSA) is 63.6 Å². The first-order valence-electron chi connectivity index (χ1n) is 8.97. The minimum Gasteiger partial charge on any atom is -0.459 e. The molecular weight excluding hydrogens is 292 g/mol. The van der Waals surface area contributed by atoms with Crippen molar-refractivity contribution in [3.8, 4) is 0 Å². The Hall–Kier alpha value is -1.16. The van der Waals surface area contributed by atoms with Gasteiger partial charge in [0.05, 0.1) is 6.10 Å². The van der Waals surface area contributed by atoms with E-state index in [1.165, 1.54) is 0 Å². The summed E-state index contributed by atoms with van der Waals surface area (Å²) in [5, 5.41) is 10.9. The SMILES string of the molecule is C[C@@]12CC[C@H]3[C@@H]([C@H](O)CC4=CC(=O)CC[C@@]43C)[C@H]1CCC(=O)O2. The van der Waals surface area contributed by atoms with Gasteiger partial charge in [-0.25, -0.2) is 0 Å². The van der Waals surface area contributed by atoms with Crippen LogP contribution < -0.4 is 0 Å². The molecule has 0 radical (unpaired) electrons. The molecule has 0 unspecified atom stereocenters. The average molecular weight is 318 g/mol. The van der Waals surface area contributed by atoms with Crippen LogP contribution in [0.4, 0.5) is 0 Å². The third kappa shape index (κ3) is 2.14. The standard InChI is InChI=1S/C19H26O4/c1-18-7-5-12(20)9-11(18)10-15(21)17-13(18)6-8-19(2)14(17)3-4-16(22)23-19/h9,13-15,17,21H,3-8,10H2,1-2H3/t13-,14+,15+,17+,18-,19+/m0/s1. The van der Waals surface area contributed by atoms with Crippen LogP contribution in [0, 0.1) is 23.2 Å². The molecule has 0 aromatic rings. The highest BCUT2D eigenvalue weighted by atomic mass is 16.6. The van der Waals surface area contributed by atoms with Crippen LogP contribution in [0.1, 0.15) is 58.8 Å². The first-order chi connectivity index (χ1) is 10.8. The molecule has 0 bridgehead atoms. The van der Waals surface area contributed by atoms with Crippen molar-refractivity contribution in [1.29, 1.82) is 0 Å². The van der Waals surface area contributed by atoms with E-state index in [4.69, 9.17) is 4.74 Å². The van der Waals surface area contributed by atoms with Crippen molar-refractivity contribution >= 4 is 11.8 Å². The molecule has 4 heteroatoms. The number of hydrogen-bond donors (Lipinski definition) is 1. The predicted octanol–water partition coefficient (Wildman–Crippen LogP) is 2.78. The number of aliphatic hydroxyl groups excluding tert-OH is 1.